The van der Waals surface area contributed by atoms with Gasteiger partial charge in [-0.25, -0.2) is 0 Å². The van der Waals surface area contributed by atoms with Crippen molar-refractivity contribution in [3.05, 3.63) is 24.5 Å². The minimum absolute atomic E-state index is 0.419. The maximum Gasteiger partial charge on any atom is 0.191 e. The van der Waals surface area contributed by atoms with E-state index < -0.39 is 0 Å². The molecule has 0 aromatic carbocycles. The summed E-state index contributed by atoms with van der Waals surface area (Å²) >= 11 is 0. The average Bonchev–Trinajstić information content (AvgIpc) is 3.08. The minimum Gasteiger partial charge on any atom is -0.357 e. The molecule has 112 valence electrons. The van der Waals surface area contributed by atoms with E-state index >= 15 is 0 Å². The van der Waals surface area contributed by atoms with Crippen LogP contribution in [0.5, 0.6) is 0 Å². The lowest BCUT2D eigenvalue weighted by Gasteiger charge is -2.21. The van der Waals surface area contributed by atoms with E-state index in [9.17, 15) is 0 Å². The van der Waals surface area contributed by atoms with Crippen LogP contribution in [0.25, 0.3) is 0 Å². The maximum atomic E-state index is 4.77. The first-order valence-electron chi connectivity index (χ1n) is 7.85. The molecule has 0 bridgehead atoms. The highest BCUT2D eigenvalue weighted by Crippen LogP contribution is 2.37. The first-order chi connectivity index (χ1) is 9.72. The van der Waals surface area contributed by atoms with Crippen molar-refractivity contribution < 1.29 is 0 Å². The van der Waals surface area contributed by atoms with Gasteiger partial charge in [0.25, 0.3) is 0 Å². The predicted octanol–water partition coefficient (Wildman–Crippen LogP) is 2.62. The molecule has 0 spiro atoms. The first-order valence-corrected chi connectivity index (χ1v) is 7.85. The van der Waals surface area contributed by atoms with Crippen LogP contribution < -0.4 is 10.6 Å². The van der Waals surface area contributed by atoms with Gasteiger partial charge in [-0.3, -0.25) is 4.99 Å². The van der Waals surface area contributed by atoms with E-state index in [1.165, 1.54) is 25.7 Å². The van der Waals surface area contributed by atoms with Crippen molar-refractivity contribution in [2.75, 3.05) is 19.6 Å². The van der Waals surface area contributed by atoms with E-state index in [1.807, 2.05) is 0 Å². The molecule has 1 aliphatic carbocycles. The molecule has 0 saturated heterocycles. The quantitative estimate of drug-likeness (QED) is 0.619. The number of aliphatic imine (C=N–C) groups is 1. The van der Waals surface area contributed by atoms with Crippen LogP contribution in [0.1, 0.15) is 39.5 Å². The number of guanidine groups is 1. The molecule has 0 radical (unpaired) electrons. The molecule has 1 aliphatic rings. The van der Waals surface area contributed by atoms with Crippen LogP contribution in [0.15, 0.2) is 29.5 Å². The zero-order valence-electron chi connectivity index (χ0n) is 12.9. The second kappa shape index (κ2) is 7.36. The van der Waals surface area contributed by atoms with Gasteiger partial charge in [0.05, 0.1) is 0 Å². The summed E-state index contributed by atoms with van der Waals surface area (Å²) in [4.78, 5) is 4.77. The Kier molecular flexibility index (Phi) is 5.50. The van der Waals surface area contributed by atoms with Gasteiger partial charge < -0.3 is 15.2 Å². The summed E-state index contributed by atoms with van der Waals surface area (Å²) in [6.45, 7) is 8.19. The summed E-state index contributed by atoms with van der Waals surface area (Å²) < 4.78 is 2.18. The van der Waals surface area contributed by atoms with E-state index in [0.29, 0.717) is 5.41 Å². The highest BCUT2D eigenvalue weighted by molar-refractivity contribution is 5.79. The first kappa shape index (κ1) is 14.9. The second-order valence-corrected chi connectivity index (χ2v) is 6.06. The van der Waals surface area contributed by atoms with Crippen molar-refractivity contribution >= 4 is 5.96 Å². The molecule has 0 amide bonds. The Morgan fingerprint density at radius 2 is 1.90 bits per heavy atom. The van der Waals surface area contributed by atoms with Crippen LogP contribution in [0.2, 0.25) is 0 Å². The summed E-state index contributed by atoms with van der Waals surface area (Å²) in [5, 5.41) is 6.75. The van der Waals surface area contributed by atoms with Gasteiger partial charge in [-0.2, -0.15) is 0 Å². The Hall–Kier alpha value is -1.45. The average molecular weight is 276 g/mol. The zero-order chi connectivity index (χ0) is 14.3. The summed E-state index contributed by atoms with van der Waals surface area (Å²) in [5.41, 5.74) is 0.419. The Bertz CT molecular complexity index is 402. The van der Waals surface area contributed by atoms with Crippen LogP contribution in [-0.2, 0) is 6.54 Å². The smallest absolute Gasteiger partial charge is 0.191 e. The number of aromatic nitrogens is 1. The van der Waals surface area contributed by atoms with E-state index in [0.717, 1.165) is 32.1 Å². The highest BCUT2D eigenvalue weighted by Gasteiger charge is 2.28. The van der Waals surface area contributed by atoms with E-state index in [4.69, 9.17) is 4.99 Å². The molecule has 4 heteroatoms. The molecule has 1 aromatic heterocycles. The Balaban J connectivity index is 1.79. The second-order valence-electron chi connectivity index (χ2n) is 6.06. The molecule has 2 N–H and O–H groups in total. The van der Waals surface area contributed by atoms with Gasteiger partial charge in [-0.15, -0.1) is 0 Å². The van der Waals surface area contributed by atoms with E-state index in [1.54, 1.807) is 0 Å². The fraction of sp³-hybridized carbons (Fsp3) is 0.688. The van der Waals surface area contributed by atoms with Crippen molar-refractivity contribution in [3.8, 4) is 0 Å². The molecule has 1 saturated carbocycles. The SMILES string of the molecule is CCNC(=NCC1(C)CCCC1)NCCn1cccc1. The summed E-state index contributed by atoms with van der Waals surface area (Å²) in [7, 11) is 0. The van der Waals surface area contributed by atoms with Gasteiger partial charge >= 0.3 is 0 Å². The summed E-state index contributed by atoms with van der Waals surface area (Å²) in [6, 6.07) is 4.11. The van der Waals surface area contributed by atoms with Crippen LogP contribution in [0.4, 0.5) is 0 Å². The molecule has 4 nitrogen and oxygen atoms in total. The molecule has 2 rings (SSSR count). The fourth-order valence-electron chi connectivity index (χ4n) is 2.82. The highest BCUT2D eigenvalue weighted by atomic mass is 15.2. The molecular formula is C16H28N4. The lowest BCUT2D eigenvalue weighted by Crippen LogP contribution is -2.39. The molecular weight excluding hydrogens is 248 g/mol. The largest absolute Gasteiger partial charge is 0.357 e. The van der Waals surface area contributed by atoms with E-state index in [2.05, 4.69) is 53.6 Å². The number of nitrogens with zero attached hydrogens (tertiary/aromatic N) is 2. The van der Waals surface area contributed by atoms with Crippen LogP contribution in [0, 0.1) is 5.41 Å². The Labute approximate surface area is 122 Å². The standard InChI is InChI=1S/C16H28N4/c1-3-17-15(18-10-13-20-11-6-7-12-20)19-14-16(2)8-4-5-9-16/h6-7,11-12H,3-5,8-10,13-14H2,1-2H3,(H2,17,18,19). The van der Waals surface area contributed by atoms with Crippen molar-refractivity contribution in [1.82, 2.24) is 15.2 Å². The summed E-state index contributed by atoms with van der Waals surface area (Å²) in [5.74, 6) is 0.952. The third kappa shape index (κ3) is 4.58. The van der Waals surface area contributed by atoms with E-state index in [-0.39, 0.29) is 0 Å². The van der Waals surface area contributed by atoms with Crippen LogP contribution in [-0.4, -0.2) is 30.2 Å². The Morgan fingerprint density at radius 1 is 1.20 bits per heavy atom. The van der Waals surface area contributed by atoms with Gasteiger partial charge in [0.15, 0.2) is 5.96 Å². The van der Waals surface area contributed by atoms with Crippen LogP contribution >= 0.6 is 0 Å². The molecule has 1 aromatic rings. The van der Waals surface area contributed by atoms with Gasteiger partial charge in [0.1, 0.15) is 0 Å². The zero-order valence-corrected chi connectivity index (χ0v) is 12.9. The molecule has 1 heterocycles. The van der Waals surface area contributed by atoms with Crippen molar-refractivity contribution in [3.63, 3.8) is 0 Å². The molecule has 0 aliphatic heterocycles. The van der Waals surface area contributed by atoms with Gasteiger partial charge in [-0.05, 0) is 37.3 Å². The Morgan fingerprint density at radius 3 is 2.55 bits per heavy atom. The third-order valence-corrected chi connectivity index (χ3v) is 4.10. The minimum atomic E-state index is 0.419. The number of hydrogen-bond donors (Lipinski definition) is 2. The summed E-state index contributed by atoms with van der Waals surface area (Å²) in [6.07, 6.45) is 9.54. The molecule has 0 unspecified atom stereocenters. The number of hydrogen-bond acceptors (Lipinski definition) is 1. The predicted molar refractivity (Wildman–Crippen MR) is 85.0 cm³/mol. The molecule has 0 atom stereocenters. The number of nitrogens with one attached hydrogen (secondary N) is 2. The normalized spacial score (nSPS) is 18.2. The fourth-order valence-corrected chi connectivity index (χ4v) is 2.82. The molecule has 1 fully saturated rings. The third-order valence-electron chi connectivity index (χ3n) is 4.10. The lowest BCUT2D eigenvalue weighted by atomic mass is 9.89. The topological polar surface area (TPSA) is 41.4 Å². The number of rotatable bonds is 6. The van der Waals surface area contributed by atoms with Crippen molar-refractivity contribution in [1.29, 1.82) is 0 Å². The van der Waals surface area contributed by atoms with Crippen molar-refractivity contribution in [2.45, 2.75) is 46.1 Å². The van der Waals surface area contributed by atoms with Gasteiger partial charge in [-0.1, -0.05) is 19.8 Å². The maximum absolute atomic E-state index is 4.77. The lowest BCUT2D eigenvalue weighted by molar-refractivity contribution is 0.350. The molecule has 20 heavy (non-hydrogen) atoms. The van der Waals surface area contributed by atoms with Crippen LogP contribution in [0.3, 0.4) is 0 Å². The van der Waals surface area contributed by atoms with Gasteiger partial charge in [0.2, 0.25) is 0 Å². The monoisotopic (exact) mass is 276 g/mol. The van der Waals surface area contributed by atoms with Gasteiger partial charge in [0, 0.05) is 38.6 Å². The van der Waals surface area contributed by atoms with Crippen molar-refractivity contribution in [2.24, 2.45) is 10.4 Å².